The summed E-state index contributed by atoms with van der Waals surface area (Å²) in [5, 5.41) is 23.7. The number of rotatable bonds is 9. The normalized spacial score (nSPS) is 10.1. The van der Waals surface area contributed by atoms with Crippen LogP contribution < -0.4 is 10.6 Å². The molecule has 0 fully saturated rings. The molecular formula is C10H19N3O4. The quantitative estimate of drug-likeness (QED) is 0.292. The number of hydrogen-bond donors (Lipinski definition) is 4. The van der Waals surface area contributed by atoms with E-state index >= 15 is 0 Å². The van der Waals surface area contributed by atoms with E-state index in [0.717, 1.165) is 11.1 Å². The average molecular weight is 245 g/mol. The lowest BCUT2D eigenvalue weighted by molar-refractivity contribution is -0.128. The molecule has 0 aliphatic heterocycles. The van der Waals surface area contributed by atoms with Crippen molar-refractivity contribution in [1.82, 2.24) is 15.7 Å². The molecule has 2 amide bonds. The van der Waals surface area contributed by atoms with E-state index in [2.05, 4.69) is 17.2 Å². The summed E-state index contributed by atoms with van der Waals surface area (Å²) >= 11 is 0. The fourth-order valence-electron chi connectivity index (χ4n) is 1.01. The van der Waals surface area contributed by atoms with Gasteiger partial charge in [0.05, 0.1) is 6.61 Å². The number of nitrogens with zero attached hydrogens (tertiary/aromatic N) is 1. The Morgan fingerprint density at radius 2 is 1.94 bits per heavy atom. The van der Waals surface area contributed by atoms with Gasteiger partial charge in [0.1, 0.15) is 0 Å². The van der Waals surface area contributed by atoms with E-state index in [1.807, 2.05) is 0 Å². The van der Waals surface area contributed by atoms with Crippen molar-refractivity contribution in [3.63, 3.8) is 0 Å². The summed E-state index contributed by atoms with van der Waals surface area (Å²) in [5.74, 6) is -0.549. The molecule has 98 valence electrons. The third-order valence-electron chi connectivity index (χ3n) is 1.89. The van der Waals surface area contributed by atoms with E-state index in [4.69, 9.17) is 5.11 Å². The highest BCUT2D eigenvalue weighted by Crippen LogP contribution is 1.86. The van der Waals surface area contributed by atoms with E-state index in [-0.39, 0.29) is 51.0 Å². The standard InChI is InChI=1S/C10H19N3O4/c1-2-9(15)11-4-7-13(17)6-3-10(16)12-5-8-14/h2,14,17H,1,3-8H2,(H,11,15)(H,12,16). The summed E-state index contributed by atoms with van der Waals surface area (Å²) in [5.41, 5.74) is 0. The molecule has 0 saturated carbocycles. The predicted molar refractivity (Wildman–Crippen MR) is 61.3 cm³/mol. The van der Waals surface area contributed by atoms with Gasteiger partial charge in [-0.15, -0.1) is 0 Å². The number of aliphatic hydroxyl groups is 1. The molecule has 0 radical (unpaired) electrons. The summed E-state index contributed by atoms with van der Waals surface area (Å²) in [6.07, 6.45) is 1.27. The first-order valence-corrected chi connectivity index (χ1v) is 5.31. The molecule has 0 aliphatic carbocycles. The van der Waals surface area contributed by atoms with Crippen molar-refractivity contribution < 1.29 is 19.9 Å². The fourth-order valence-corrected chi connectivity index (χ4v) is 1.01. The minimum atomic E-state index is -0.306. The third kappa shape index (κ3) is 9.49. The van der Waals surface area contributed by atoms with Crippen LogP contribution in [0, 0.1) is 0 Å². The molecular weight excluding hydrogens is 226 g/mol. The monoisotopic (exact) mass is 245 g/mol. The van der Waals surface area contributed by atoms with Gasteiger partial charge in [-0.2, -0.15) is 5.06 Å². The Labute approximate surface area is 100 Å². The molecule has 0 rings (SSSR count). The number of hydroxylamine groups is 2. The van der Waals surface area contributed by atoms with Crippen LogP contribution in [0.5, 0.6) is 0 Å². The summed E-state index contributed by atoms with van der Waals surface area (Å²) in [6, 6.07) is 0. The Bertz CT molecular complexity index is 258. The van der Waals surface area contributed by atoms with Crippen LogP contribution in [0.2, 0.25) is 0 Å². The van der Waals surface area contributed by atoms with Gasteiger partial charge in [-0.05, 0) is 6.08 Å². The van der Waals surface area contributed by atoms with Gasteiger partial charge in [0, 0.05) is 32.6 Å². The zero-order chi connectivity index (χ0) is 13.1. The molecule has 0 heterocycles. The second-order valence-corrected chi connectivity index (χ2v) is 3.27. The van der Waals surface area contributed by atoms with Crippen molar-refractivity contribution in [2.75, 3.05) is 32.8 Å². The van der Waals surface area contributed by atoms with E-state index in [9.17, 15) is 14.8 Å². The number of aliphatic hydroxyl groups excluding tert-OH is 1. The maximum absolute atomic E-state index is 11.1. The van der Waals surface area contributed by atoms with Gasteiger partial charge in [0.25, 0.3) is 0 Å². The summed E-state index contributed by atoms with van der Waals surface area (Å²) in [6.45, 7) is 4.06. The molecule has 17 heavy (non-hydrogen) atoms. The van der Waals surface area contributed by atoms with Crippen molar-refractivity contribution >= 4 is 11.8 Å². The summed E-state index contributed by atoms with van der Waals surface area (Å²) in [7, 11) is 0. The number of hydrogen-bond acceptors (Lipinski definition) is 5. The molecule has 0 spiro atoms. The van der Waals surface area contributed by atoms with Crippen molar-refractivity contribution in [3.05, 3.63) is 12.7 Å². The zero-order valence-electron chi connectivity index (χ0n) is 9.69. The molecule has 0 saturated heterocycles. The molecule has 4 N–H and O–H groups in total. The van der Waals surface area contributed by atoms with Crippen molar-refractivity contribution in [2.24, 2.45) is 0 Å². The second kappa shape index (κ2) is 9.76. The zero-order valence-corrected chi connectivity index (χ0v) is 9.69. The van der Waals surface area contributed by atoms with E-state index in [1.165, 1.54) is 0 Å². The SMILES string of the molecule is C=CC(=O)NCCN(O)CCC(=O)NCCO. The third-order valence-corrected chi connectivity index (χ3v) is 1.89. The second-order valence-electron chi connectivity index (χ2n) is 3.27. The van der Waals surface area contributed by atoms with Crippen LogP contribution in [-0.2, 0) is 9.59 Å². The maximum atomic E-state index is 11.1. The highest BCUT2D eigenvalue weighted by molar-refractivity contribution is 5.86. The summed E-state index contributed by atoms with van der Waals surface area (Å²) in [4.78, 5) is 21.9. The van der Waals surface area contributed by atoms with Gasteiger partial charge in [-0.1, -0.05) is 6.58 Å². The number of amides is 2. The van der Waals surface area contributed by atoms with Gasteiger partial charge in [-0.3, -0.25) is 9.59 Å². The van der Waals surface area contributed by atoms with Crippen LogP contribution in [0.25, 0.3) is 0 Å². The first kappa shape index (κ1) is 15.6. The molecule has 0 unspecified atom stereocenters. The van der Waals surface area contributed by atoms with Crippen molar-refractivity contribution in [2.45, 2.75) is 6.42 Å². The Morgan fingerprint density at radius 1 is 1.24 bits per heavy atom. The van der Waals surface area contributed by atoms with Crippen molar-refractivity contribution in [3.8, 4) is 0 Å². The van der Waals surface area contributed by atoms with Gasteiger partial charge in [0.2, 0.25) is 11.8 Å². The van der Waals surface area contributed by atoms with Gasteiger partial charge < -0.3 is 20.9 Å². The topological polar surface area (TPSA) is 102 Å². The van der Waals surface area contributed by atoms with Gasteiger partial charge >= 0.3 is 0 Å². The minimum Gasteiger partial charge on any atom is -0.395 e. The van der Waals surface area contributed by atoms with E-state index < -0.39 is 0 Å². The van der Waals surface area contributed by atoms with Crippen LogP contribution in [-0.4, -0.2) is 60.0 Å². The Morgan fingerprint density at radius 3 is 2.53 bits per heavy atom. The lowest BCUT2D eigenvalue weighted by atomic mass is 10.4. The molecule has 0 aromatic heterocycles. The smallest absolute Gasteiger partial charge is 0.243 e. The molecule has 0 atom stereocenters. The van der Waals surface area contributed by atoms with Crippen LogP contribution >= 0.6 is 0 Å². The summed E-state index contributed by atoms with van der Waals surface area (Å²) < 4.78 is 0. The van der Waals surface area contributed by atoms with Crippen LogP contribution in [0.4, 0.5) is 0 Å². The van der Waals surface area contributed by atoms with E-state index in [1.54, 1.807) is 0 Å². The predicted octanol–water partition coefficient (Wildman–Crippen LogP) is -1.52. The lowest BCUT2D eigenvalue weighted by Gasteiger charge is -2.14. The number of carbonyl (C=O) groups excluding carboxylic acids is 2. The Kier molecular flexibility index (Phi) is 8.94. The number of carbonyl (C=O) groups is 2. The fraction of sp³-hybridized carbons (Fsp3) is 0.600. The van der Waals surface area contributed by atoms with Gasteiger partial charge in [-0.25, -0.2) is 0 Å². The first-order chi connectivity index (χ1) is 8.10. The van der Waals surface area contributed by atoms with Crippen molar-refractivity contribution in [1.29, 1.82) is 0 Å². The first-order valence-electron chi connectivity index (χ1n) is 5.31. The number of nitrogens with one attached hydrogen (secondary N) is 2. The molecule has 0 aromatic carbocycles. The Balaban J connectivity index is 3.51. The largest absolute Gasteiger partial charge is 0.395 e. The highest BCUT2D eigenvalue weighted by Gasteiger charge is 2.05. The average Bonchev–Trinajstić information content (AvgIpc) is 2.33. The van der Waals surface area contributed by atoms with Gasteiger partial charge in [0.15, 0.2) is 0 Å². The van der Waals surface area contributed by atoms with Crippen LogP contribution in [0.3, 0.4) is 0 Å². The maximum Gasteiger partial charge on any atom is 0.243 e. The molecule has 0 aliphatic rings. The van der Waals surface area contributed by atoms with E-state index in [0.29, 0.717) is 0 Å². The van der Waals surface area contributed by atoms with Crippen LogP contribution in [0.15, 0.2) is 12.7 Å². The lowest BCUT2D eigenvalue weighted by Crippen LogP contribution is -2.35. The molecule has 0 bridgehead atoms. The molecule has 7 heteroatoms. The minimum absolute atomic E-state index is 0.109. The Hall–Kier alpha value is -1.44. The molecule has 7 nitrogen and oxygen atoms in total. The molecule has 0 aromatic rings. The highest BCUT2D eigenvalue weighted by atomic mass is 16.5. The van der Waals surface area contributed by atoms with Crippen LogP contribution in [0.1, 0.15) is 6.42 Å².